The van der Waals surface area contributed by atoms with E-state index in [-0.39, 0.29) is 6.10 Å². The van der Waals surface area contributed by atoms with Crippen molar-refractivity contribution >= 4 is 0 Å². The van der Waals surface area contributed by atoms with Crippen LogP contribution in [0.3, 0.4) is 0 Å². The maximum atomic E-state index is 13.7. The van der Waals surface area contributed by atoms with Gasteiger partial charge in [-0.3, -0.25) is 0 Å². The van der Waals surface area contributed by atoms with Crippen LogP contribution in [0.4, 0.5) is 8.78 Å². The third kappa shape index (κ3) is 5.81. The Labute approximate surface area is 206 Å². The molecule has 1 atom stereocenters. The number of rotatable bonds is 6. The van der Waals surface area contributed by atoms with E-state index in [0.29, 0.717) is 11.7 Å². The fraction of sp³-hybridized carbons (Fsp3) is 0.806. The molecule has 4 aliphatic rings. The Morgan fingerprint density at radius 1 is 0.647 bits per heavy atom. The minimum absolute atomic E-state index is 0.182. The fourth-order valence-corrected chi connectivity index (χ4v) is 8.06. The van der Waals surface area contributed by atoms with Crippen LogP contribution in [0.25, 0.3) is 0 Å². The molecule has 0 bridgehead atoms. The second-order valence-electron chi connectivity index (χ2n) is 12.4. The van der Waals surface area contributed by atoms with Gasteiger partial charge in [0.05, 0.1) is 0 Å². The van der Waals surface area contributed by atoms with E-state index >= 15 is 0 Å². The van der Waals surface area contributed by atoms with Crippen LogP contribution in [0.1, 0.15) is 115 Å². The number of hydrogen-bond acceptors (Lipinski definition) is 1. The third-order valence-corrected chi connectivity index (χ3v) is 10.5. The molecule has 3 fully saturated rings. The number of fused-ring (bicyclic) bond motifs is 1. The zero-order chi connectivity index (χ0) is 23.5. The molecule has 0 radical (unpaired) electrons. The van der Waals surface area contributed by atoms with Gasteiger partial charge in [-0.15, -0.1) is 0 Å². The summed E-state index contributed by atoms with van der Waals surface area (Å²) in [6, 6.07) is 2.59. The molecular formula is C31H46F2O. The molecule has 0 spiro atoms. The predicted molar refractivity (Wildman–Crippen MR) is 135 cm³/mol. The normalized spacial score (nSPS) is 36.5. The van der Waals surface area contributed by atoms with E-state index in [0.717, 1.165) is 48.0 Å². The first-order valence-electron chi connectivity index (χ1n) is 14.7. The van der Waals surface area contributed by atoms with Gasteiger partial charge >= 0.3 is 0 Å². The molecule has 0 N–H and O–H groups in total. The molecule has 34 heavy (non-hydrogen) atoms. The Balaban J connectivity index is 1.01. The third-order valence-electron chi connectivity index (χ3n) is 10.5. The number of hydrogen-bond donors (Lipinski definition) is 0. The second kappa shape index (κ2) is 11.3. The van der Waals surface area contributed by atoms with Gasteiger partial charge in [-0.05, 0) is 98.5 Å². The maximum absolute atomic E-state index is 13.7. The van der Waals surface area contributed by atoms with Gasteiger partial charge in [0.2, 0.25) is 0 Å². The molecule has 1 nitrogen and oxygen atoms in total. The van der Waals surface area contributed by atoms with Crippen molar-refractivity contribution in [1.82, 2.24) is 0 Å². The van der Waals surface area contributed by atoms with E-state index in [4.69, 9.17) is 4.74 Å². The van der Waals surface area contributed by atoms with E-state index in [1.807, 2.05) is 0 Å². The molecule has 1 aromatic rings. The lowest BCUT2D eigenvalue weighted by Gasteiger charge is -2.41. The number of aryl methyl sites for hydroxylation is 1. The van der Waals surface area contributed by atoms with Crippen LogP contribution >= 0.6 is 0 Å². The van der Waals surface area contributed by atoms with Crippen molar-refractivity contribution in [3.8, 4) is 5.75 Å². The Hall–Kier alpha value is -1.12. The predicted octanol–water partition coefficient (Wildman–Crippen LogP) is 9.27. The highest BCUT2D eigenvalue weighted by atomic mass is 19.2. The molecular weight excluding hydrogens is 426 g/mol. The van der Waals surface area contributed by atoms with Gasteiger partial charge in [-0.1, -0.05) is 64.7 Å². The van der Waals surface area contributed by atoms with Crippen molar-refractivity contribution in [2.45, 2.75) is 122 Å². The van der Waals surface area contributed by atoms with Crippen molar-refractivity contribution < 1.29 is 13.5 Å². The smallest absolute Gasteiger partial charge is 0.162 e. The van der Waals surface area contributed by atoms with Gasteiger partial charge in [-0.25, -0.2) is 8.78 Å². The molecule has 3 aliphatic carbocycles. The van der Waals surface area contributed by atoms with Crippen LogP contribution in [-0.4, -0.2) is 6.10 Å². The van der Waals surface area contributed by atoms with Crippen LogP contribution in [0.2, 0.25) is 0 Å². The lowest BCUT2D eigenvalue weighted by Crippen LogP contribution is -2.35. The van der Waals surface area contributed by atoms with E-state index in [1.165, 1.54) is 108 Å². The first-order chi connectivity index (χ1) is 16.6. The standard InChI is InChI=1S/C31H46F2O/c1-2-21-3-5-22(6-4-21)7-8-23-9-11-24(12-10-23)25-13-15-26(16-14-25)30-18-17-27-19-28(32)29(33)20-31(27)34-30/h19-26,30H,2-18H2,1H3. The van der Waals surface area contributed by atoms with E-state index < -0.39 is 11.6 Å². The average Bonchev–Trinajstić information content (AvgIpc) is 2.89. The highest BCUT2D eigenvalue weighted by Gasteiger charge is 2.35. The molecule has 1 heterocycles. The van der Waals surface area contributed by atoms with E-state index in [9.17, 15) is 8.78 Å². The monoisotopic (exact) mass is 472 g/mol. The molecule has 190 valence electrons. The van der Waals surface area contributed by atoms with Crippen molar-refractivity contribution in [2.24, 2.45) is 35.5 Å². The van der Waals surface area contributed by atoms with Gasteiger partial charge in [0.25, 0.3) is 0 Å². The summed E-state index contributed by atoms with van der Waals surface area (Å²) in [5.74, 6) is 4.52. The zero-order valence-corrected chi connectivity index (χ0v) is 21.4. The summed E-state index contributed by atoms with van der Waals surface area (Å²) in [6.07, 6.45) is 23.3. The molecule has 0 aromatic heterocycles. The molecule has 1 unspecified atom stereocenters. The van der Waals surface area contributed by atoms with Crippen LogP contribution in [-0.2, 0) is 6.42 Å². The van der Waals surface area contributed by atoms with E-state index in [1.54, 1.807) is 0 Å². The minimum Gasteiger partial charge on any atom is -0.490 e. The van der Waals surface area contributed by atoms with Gasteiger partial charge in [0.15, 0.2) is 11.6 Å². The summed E-state index contributed by atoms with van der Waals surface area (Å²) in [5, 5.41) is 0. The molecule has 5 rings (SSSR count). The Morgan fingerprint density at radius 3 is 1.76 bits per heavy atom. The summed E-state index contributed by atoms with van der Waals surface area (Å²) in [5.41, 5.74) is 0.828. The van der Waals surface area contributed by atoms with Crippen molar-refractivity contribution in [3.63, 3.8) is 0 Å². The fourth-order valence-electron chi connectivity index (χ4n) is 8.06. The minimum atomic E-state index is -0.789. The molecule has 3 saturated carbocycles. The summed E-state index contributed by atoms with van der Waals surface area (Å²) >= 11 is 0. The van der Waals surface area contributed by atoms with Gasteiger partial charge in [0, 0.05) is 6.07 Å². The van der Waals surface area contributed by atoms with Crippen LogP contribution in [0.5, 0.6) is 5.75 Å². The largest absolute Gasteiger partial charge is 0.490 e. The zero-order valence-electron chi connectivity index (χ0n) is 21.4. The first-order valence-corrected chi connectivity index (χ1v) is 14.7. The molecule has 1 aromatic carbocycles. The van der Waals surface area contributed by atoms with Crippen molar-refractivity contribution in [2.75, 3.05) is 0 Å². The van der Waals surface area contributed by atoms with Gasteiger partial charge in [0.1, 0.15) is 11.9 Å². The average molecular weight is 473 g/mol. The molecule has 0 amide bonds. The summed E-state index contributed by atoms with van der Waals surface area (Å²) < 4.78 is 33.4. The maximum Gasteiger partial charge on any atom is 0.162 e. The quantitative estimate of drug-likeness (QED) is 0.401. The summed E-state index contributed by atoms with van der Waals surface area (Å²) in [7, 11) is 0. The summed E-state index contributed by atoms with van der Waals surface area (Å²) in [6.45, 7) is 2.37. The Morgan fingerprint density at radius 2 is 1.15 bits per heavy atom. The SMILES string of the molecule is CCC1CCC(CCC2CCC(C3CCC(C4CCc5cc(F)c(F)cc5O4)CC3)CC2)CC1. The van der Waals surface area contributed by atoms with E-state index in [2.05, 4.69) is 6.92 Å². The topological polar surface area (TPSA) is 9.23 Å². The molecule has 0 saturated heterocycles. The van der Waals surface area contributed by atoms with Crippen molar-refractivity contribution in [3.05, 3.63) is 29.3 Å². The number of halogens is 2. The Kier molecular flexibility index (Phi) is 8.16. The van der Waals surface area contributed by atoms with Gasteiger partial charge in [-0.2, -0.15) is 0 Å². The van der Waals surface area contributed by atoms with Crippen molar-refractivity contribution in [1.29, 1.82) is 0 Å². The van der Waals surface area contributed by atoms with Gasteiger partial charge < -0.3 is 4.74 Å². The lowest BCUT2D eigenvalue weighted by molar-refractivity contribution is 0.0591. The van der Waals surface area contributed by atoms with Crippen LogP contribution in [0.15, 0.2) is 12.1 Å². The van der Waals surface area contributed by atoms with Crippen LogP contribution in [0, 0.1) is 47.1 Å². The van der Waals surface area contributed by atoms with Crippen LogP contribution < -0.4 is 4.74 Å². The highest BCUT2D eigenvalue weighted by molar-refractivity contribution is 5.36. The second-order valence-corrected chi connectivity index (χ2v) is 12.4. The number of ether oxygens (including phenoxy) is 1. The lowest BCUT2D eigenvalue weighted by atomic mass is 9.67. The molecule has 1 aliphatic heterocycles. The Bertz CT molecular complexity index is 783. The molecule has 3 heteroatoms. The summed E-state index contributed by atoms with van der Waals surface area (Å²) in [4.78, 5) is 0. The first kappa shape index (κ1) is 24.6. The number of benzene rings is 1. The highest BCUT2D eigenvalue weighted by Crippen LogP contribution is 2.45.